The Kier molecular flexibility index (Phi) is 6.26. The number of benzene rings is 3. The second-order valence-corrected chi connectivity index (χ2v) is 7.69. The minimum Gasteiger partial charge on any atom is -0.497 e. The van der Waals surface area contributed by atoms with E-state index in [1.165, 1.54) is 0 Å². The molecule has 5 nitrogen and oxygen atoms in total. The average Bonchev–Trinajstić information content (AvgIpc) is 3.09. The highest BCUT2D eigenvalue weighted by Crippen LogP contribution is 2.28. The minimum absolute atomic E-state index is 0.295. The van der Waals surface area contributed by atoms with Crippen molar-refractivity contribution in [3.63, 3.8) is 0 Å². The number of aromatic carboxylic acids is 1. The van der Waals surface area contributed by atoms with E-state index in [2.05, 4.69) is 5.32 Å². The van der Waals surface area contributed by atoms with Crippen molar-refractivity contribution in [3.8, 4) is 5.75 Å². The summed E-state index contributed by atoms with van der Waals surface area (Å²) in [5.74, 6) is -0.178. The molecule has 0 atom stereocenters. The number of para-hydroxylation sites is 1. The van der Waals surface area contributed by atoms with E-state index in [0.29, 0.717) is 30.4 Å². The zero-order valence-corrected chi connectivity index (χ0v) is 17.9. The number of carbonyl (C=O) groups is 1. The van der Waals surface area contributed by atoms with Crippen molar-refractivity contribution in [1.29, 1.82) is 0 Å². The smallest absolute Gasteiger partial charge is 0.352 e. The zero-order chi connectivity index (χ0) is 21.8. The minimum atomic E-state index is -0.945. The van der Waals surface area contributed by atoms with Crippen molar-refractivity contribution in [3.05, 3.63) is 100 Å². The molecule has 4 aromatic rings. The van der Waals surface area contributed by atoms with Gasteiger partial charge in [-0.1, -0.05) is 60.1 Å². The fourth-order valence-electron chi connectivity index (χ4n) is 3.84. The van der Waals surface area contributed by atoms with Crippen LogP contribution in [-0.2, 0) is 19.6 Å². The number of carboxylic acids is 1. The molecule has 0 bridgehead atoms. The summed E-state index contributed by atoms with van der Waals surface area (Å²) in [6.07, 6.45) is 0. The van der Waals surface area contributed by atoms with Gasteiger partial charge < -0.3 is 19.7 Å². The molecular weight excluding hydrogens is 412 g/mol. The van der Waals surface area contributed by atoms with Gasteiger partial charge in [-0.25, -0.2) is 4.79 Å². The molecule has 1 heterocycles. The quantitative estimate of drug-likeness (QED) is 0.393. The van der Waals surface area contributed by atoms with Gasteiger partial charge in [0.1, 0.15) is 11.4 Å². The normalized spacial score (nSPS) is 11.0. The van der Waals surface area contributed by atoms with E-state index in [1.54, 1.807) is 7.11 Å². The van der Waals surface area contributed by atoms with Gasteiger partial charge >= 0.3 is 5.97 Å². The number of aromatic nitrogens is 1. The molecule has 31 heavy (non-hydrogen) atoms. The molecule has 0 amide bonds. The first-order valence-electron chi connectivity index (χ1n) is 9.99. The Morgan fingerprint density at radius 2 is 1.71 bits per heavy atom. The average molecular weight is 435 g/mol. The second kappa shape index (κ2) is 9.25. The van der Waals surface area contributed by atoms with Crippen molar-refractivity contribution < 1.29 is 14.6 Å². The number of nitrogens with one attached hydrogen (secondary N) is 1. The van der Waals surface area contributed by atoms with Crippen molar-refractivity contribution in [1.82, 2.24) is 9.88 Å². The maximum absolute atomic E-state index is 12.3. The predicted octanol–water partition coefficient (Wildman–Crippen LogP) is 5.34. The summed E-state index contributed by atoms with van der Waals surface area (Å²) in [5.41, 5.74) is 3.93. The monoisotopic (exact) mass is 434 g/mol. The number of halogens is 1. The molecule has 4 rings (SSSR count). The van der Waals surface area contributed by atoms with Crippen LogP contribution < -0.4 is 10.1 Å². The Bertz CT molecular complexity index is 1220. The third-order valence-corrected chi connectivity index (χ3v) is 5.72. The summed E-state index contributed by atoms with van der Waals surface area (Å²) in [7, 11) is 1.62. The van der Waals surface area contributed by atoms with Crippen molar-refractivity contribution in [2.45, 2.75) is 19.6 Å². The van der Waals surface area contributed by atoms with Gasteiger partial charge in [0.25, 0.3) is 0 Å². The molecule has 2 N–H and O–H groups in total. The Hall–Kier alpha value is -3.28. The molecule has 3 aromatic carbocycles. The zero-order valence-electron chi connectivity index (χ0n) is 17.1. The highest BCUT2D eigenvalue weighted by atomic mass is 35.5. The fraction of sp³-hybridized carbons (Fsp3) is 0.160. The van der Waals surface area contributed by atoms with Crippen LogP contribution in [0.15, 0.2) is 72.8 Å². The van der Waals surface area contributed by atoms with Crippen LogP contribution in [-0.4, -0.2) is 22.8 Å². The number of fused-ring (bicyclic) bond motifs is 1. The second-order valence-electron chi connectivity index (χ2n) is 7.28. The van der Waals surface area contributed by atoms with E-state index >= 15 is 0 Å². The number of hydrogen-bond donors (Lipinski definition) is 2. The molecule has 0 saturated heterocycles. The number of carboxylic acid groups (broad SMARTS) is 1. The molecule has 0 saturated carbocycles. The predicted molar refractivity (Wildman–Crippen MR) is 123 cm³/mol. The van der Waals surface area contributed by atoms with E-state index in [0.717, 1.165) is 33.3 Å². The number of ether oxygens (including phenoxy) is 1. The van der Waals surface area contributed by atoms with Crippen molar-refractivity contribution >= 4 is 28.5 Å². The topological polar surface area (TPSA) is 63.5 Å². The Labute approximate surface area is 185 Å². The van der Waals surface area contributed by atoms with Gasteiger partial charge in [0.15, 0.2) is 0 Å². The SMILES string of the molecule is COc1ccc(Cn2c(C(=O)O)c(CNCc3ccccc3Cl)c3ccccc32)cc1. The Morgan fingerprint density at radius 3 is 2.42 bits per heavy atom. The first kappa shape index (κ1) is 21.0. The maximum atomic E-state index is 12.3. The van der Waals surface area contributed by atoms with Crippen LogP contribution in [0.2, 0.25) is 5.02 Å². The van der Waals surface area contributed by atoms with Crippen LogP contribution in [0.4, 0.5) is 0 Å². The van der Waals surface area contributed by atoms with Crippen LogP contribution in [0.3, 0.4) is 0 Å². The van der Waals surface area contributed by atoms with Crippen molar-refractivity contribution in [2.75, 3.05) is 7.11 Å². The third kappa shape index (κ3) is 4.43. The van der Waals surface area contributed by atoms with Crippen LogP contribution in [0, 0.1) is 0 Å². The van der Waals surface area contributed by atoms with Gasteiger partial charge in [0.2, 0.25) is 0 Å². The summed E-state index contributed by atoms with van der Waals surface area (Å²) in [4.78, 5) is 12.3. The lowest BCUT2D eigenvalue weighted by atomic mass is 10.1. The van der Waals surface area contributed by atoms with Gasteiger partial charge in [0.05, 0.1) is 7.11 Å². The largest absolute Gasteiger partial charge is 0.497 e. The number of nitrogens with zero attached hydrogens (tertiary/aromatic N) is 1. The molecule has 0 aliphatic rings. The van der Waals surface area contributed by atoms with Gasteiger partial charge in [-0.05, 0) is 35.4 Å². The first-order chi connectivity index (χ1) is 15.1. The molecule has 0 spiro atoms. The number of hydrogen-bond acceptors (Lipinski definition) is 3. The summed E-state index contributed by atoms with van der Waals surface area (Å²) >= 11 is 6.25. The Morgan fingerprint density at radius 1 is 1.00 bits per heavy atom. The lowest BCUT2D eigenvalue weighted by molar-refractivity contribution is 0.0684. The lowest BCUT2D eigenvalue weighted by Gasteiger charge is -2.11. The number of methoxy groups -OCH3 is 1. The van der Waals surface area contributed by atoms with Crippen molar-refractivity contribution in [2.24, 2.45) is 0 Å². The van der Waals surface area contributed by atoms with Gasteiger partial charge in [-0.2, -0.15) is 0 Å². The lowest BCUT2D eigenvalue weighted by Crippen LogP contribution is -2.17. The maximum Gasteiger partial charge on any atom is 0.352 e. The first-order valence-corrected chi connectivity index (χ1v) is 10.4. The summed E-state index contributed by atoms with van der Waals surface area (Å²) in [5, 5.41) is 15.1. The van der Waals surface area contributed by atoms with Crippen LogP contribution in [0.1, 0.15) is 27.2 Å². The van der Waals surface area contributed by atoms with E-state index in [-0.39, 0.29) is 0 Å². The van der Waals surface area contributed by atoms with Gasteiger partial charge in [-0.15, -0.1) is 0 Å². The number of rotatable bonds is 8. The standard InChI is InChI=1S/C25H23ClN2O3/c1-31-19-12-10-17(11-13-19)16-28-23-9-5-3-7-20(23)21(24(28)25(29)30)15-27-14-18-6-2-4-8-22(18)26/h2-13,27H,14-16H2,1H3,(H,29,30). The molecule has 0 radical (unpaired) electrons. The molecule has 158 valence electrons. The highest BCUT2D eigenvalue weighted by molar-refractivity contribution is 6.31. The summed E-state index contributed by atoms with van der Waals surface area (Å²) < 4.78 is 7.09. The third-order valence-electron chi connectivity index (χ3n) is 5.35. The van der Waals surface area contributed by atoms with Gasteiger partial charge in [0, 0.05) is 41.1 Å². The van der Waals surface area contributed by atoms with Crippen LogP contribution >= 0.6 is 11.6 Å². The summed E-state index contributed by atoms with van der Waals surface area (Å²) in [6.45, 7) is 1.43. The molecule has 0 unspecified atom stereocenters. The molecule has 0 aliphatic heterocycles. The van der Waals surface area contributed by atoms with E-state index in [9.17, 15) is 9.90 Å². The molecular formula is C25H23ClN2O3. The Balaban J connectivity index is 1.68. The van der Waals surface area contributed by atoms with E-state index in [4.69, 9.17) is 16.3 Å². The van der Waals surface area contributed by atoms with Gasteiger partial charge in [-0.3, -0.25) is 0 Å². The molecule has 0 fully saturated rings. The highest BCUT2D eigenvalue weighted by Gasteiger charge is 2.22. The molecule has 6 heteroatoms. The molecule has 0 aliphatic carbocycles. The van der Waals surface area contributed by atoms with Crippen LogP contribution in [0.5, 0.6) is 5.75 Å². The fourth-order valence-corrected chi connectivity index (χ4v) is 4.04. The summed E-state index contributed by atoms with van der Waals surface area (Å²) in [6, 6.07) is 23.1. The molecule has 1 aromatic heterocycles. The van der Waals surface area contributed by atoms with E-state index < -0.39 is 5.97 Å². The van der Waals surface area contributed by atoms with E-state index in [1.807, 2.05) is 77.4 Å². The van der Waals surface area contributed by atoms with Crippen LogP contribution in [0.25, 0.3) is 10.9 Å².